The second-order valence-corrected chi connectivity index (χ2v) is 7.77. The SMILES string of the molecule is CC[C@@H](OCc1cc(Cl)cc(C2=CC(C)(N)NN2c2ccc(F)cc2)c1)C(F)(F)F. The van der Waals surface area contributed by atoms with Gasteiger partial charge in [-0.05, 0) is 67.4 Å². The summed E-state index contributed by atoms with van der Waals surface area (Å²) in [5.74, 6) is -0.378. The monoisotopic (exact) mass is 443 g/mol. The zero-order valence-electron chi connectivity index (χ0n) is 16.4. The summed E-state index contributed by atoms with van der Waals surface area (Å²) >= 11 is 6.23. The lowest BCUT2D eigenvalue weighted by Gasteiger charge is -2.27. The van der Waals surface area contributed by atoms with E-state index < -0.39 is 17.9 Å². The Morgan fingerprint density at radius 2 is 1.87 bits per heavy atom. The molecule has 0 bridgehead atoms. The lowest BCUT2D eigenvalue weighted by Crippen LogP contribution is -2.51. The van der Waals surface area contributed by atoms with E-state index in [2.05, 4.69) is 5.43 Å². The zero-order chi connectivity index (χ0) is 22.1. The second-order valence-electron chi connectivity index (χ2n) is 7.33. The van der Waals surface area contributed by atoms with Gasteiger partial charge in [0.25, 0.3) is 0 Å². The summed E-state index contributed by atoms with van der Waals surface area (Å²) < 4.78 is 57.3. The Kier molecular flexibility index (Phi) is 6.43. The molecule has 0 saturated heterocycles. The van der Waals surface area contributed by atoms with Crippen LogP contribution >= 0.6 is 11.6 Å². The van der Waals surface area contributed by atoms with Gasteiger partial charge in [-0.2, -0.15) is 13.2 Å². The van der Waals surface area contributed by atoms with E-state index in [9.17, 15) is 17.6 Å². The van der Waals surface area contributed by atoms with Gasteiger partial charge in [-0.3, -0.25) is 5.01 Å². The lowest BCUT2D eigenvalue weighted by atomic mass is 10.1. The van der Waals surface area contributed by atoms with Gasteiger partial charge in [0.2, 0.25) is 0 Å². The van der Waals surface area contributed by atoms with Crippen molar-refractivity contribution in [3.63, 3.8) is 0 Å². The minimum Gasteiger partial charge on any atom is -0.364 e. The van der Waals surface area contributed by atoms with Crippen LogP contribution in [0.2, 0.25) is 5.02 Å². The van der Waals surface area contributed by atoms with Crippen LogP contribution in [0.25, 0.3) is 5.70 Å². The average molecular weight is 444 g/mol. The van der Waals surface area contributed by atoms with Crippen molar-refractivity contribution in [1.82, 2.24) is 5.43 Å². The number of rotatable bonds is 6. The van der Waals surface area contributed by atoms with Crippen molar-refractivity contribution in [2.45, 2.75) is 44.8 Å². The Hall–Kier alpha value is -2.13. The lowest BCUT2D eigenvalue weighted by molar-refractivity contribution is -0.224. The maximum Gasteiger partial charge on any atom is 0.414 e. The molecular formula is C21H22ClF4N3O. The third-order valence-corrected chi connectivity index (χ3v) is 4.77. The Balaban J connectivity index is 1.90. The number of benzene rings is 2. The van der Waals surface area contributed by atoms with Gasteiger partial charge in [-0.25, -0.2) is 9.82 Å². The van der Waals surface area contributed by atoms with Crippen LogP contribution in [0.3, 0.4) is 0 Å². The normalized spacial score (nSPS) is 20.4. The van der Waals surface area contributed by atoms with Crippen LogP contribution in [0.5, 0.6) is 0 Å². The van der Waals surface area contributed by atoms with Gasteiger partial charge in [-0.1, -0.05) is 18.5 Å². The van der Waals surface area contributed by atoms with E-state index in [-0.39, 0.29) is 18.8 Å². The first-order chi connectivity index (χ1) is 14.0. The minimum absolute atomic E-state index is 0.185. The Morgan fingerprint density at radius 1 is 1.20 bits per heavy atom. The van der Waals surface area contributed by atoms with Gasteiger partial charge in [0.15, 0.2) is 6.10 Å². The fourth-order valence-electron chi connectivity index (χ4n) is 3.21. The maximum atomic E-state index is 13.3. The summed E-state index contributed by atoms with van der Waals surface area (Å²) in [5, 5.41) is 2.03. The topological polar surface area (TPSA) is 50.5 Å². The van der Waals surface area contributed by atoms with Gasteiger partial charge < -0.3 is 10.5 Å². The van der Waals surface area contributed by atoms with Crippen LogP contribution in [0.4, 0.5) is 23.2 Å². The molecular weight excluding hydrogens is 422 g/mol. The molecule has 1 heterocycles. The predicted molar refractivity (Wildman–Crippen MR) is 109 cm³/mol. The summed E-state index contributed by atoms with van der Waals surface area (Å²) in [6.07, 6.45) is -4.71. The quantitative estimate of drug-likeness (QED) is 0.589. The second kappa shape index (κ2) is 8.55. The molecule has 0 radical (unpaired) electrons. The highest BCUT2D eigenvalue weighted by molar-refractivity contribution is 6.30. The molecule has 1 aliphatic rings. The fraction of sp³-hybridized carbons (Fsp3) is 0.333. The highest BCUT2D eigenvalue weighted by Gasteiger charge is 2.39. The van der Waals surface area contributed by atoms with Crippen molar-refractivity contribution in [2.75, 3.05) is 5.01 Å². The standard InChI is InChI=1S/C21H22ClF4N3O/c1-3-19(21(24,25)26)30-12-13-8-14(10-15(22)9-13)18-11-20(2,27)28-29(18)17-6-4-16(23)5-7-17/h4-11,19,28H,3,12,27H2,1-2H3/t19-,20?/m1/s1. The molecule has 0 aliphatic carbocycles. The predicted octanol–water partition coefficient (Wildman–Crippen LogP) is 5.38. The van der Waals surface area contributed by atoms with Crippen LogP contribution in [0.1, 0.15) is 31.4 Å². The molecule has 2 atom stereocenters. The number of anilines is 1. The Morgan fingerprint density at radius 3 is 2.47 bits per heavy atom. The zero-order valence-corrected chi connectivity index (χ0v) is 17.2. The highest BCUT2D eigenvalue weighted by Crippen LogP contribution is 2.34. The summed E-state index contributed by atoms with van der Waals surface area (Å²) in [6, 6.07) is 10.7. The number of halogens is 5. The molecule has 3 N–H and O–H groups in total. The Labute approximate surface area is 177 Å². The molecule has 4 nitrogen and oxygen atoms in total. The van der Waals surface area contributed by atoms with Crippen LogP contribution < -0.4 is 16.2 Å². The first-order valence-electron chi connectivity index (χ1n) is 9.32. The largest absolute Gasteiger partial charge is 0.414 e. The first-order valence-corrected chi connectivity index (χ1v) is 9.70. The number of alkyl halides is 3. The van der Waals surface area contributed by atoms with Crippen molar-refractivity contribution in [3.8, 4) is 0 Å². The van der Waals surface area contributed by atoms with Crippen LogP contribution in [0.15, 0.2) is 48.5 Å². The number of nitrogens with two attached hydrogens (primary N) is 1. The maximum absolute atomic E-state index is 13.3. The molecule has 1 aliphatic heterocycles. The summed E-state index contributed by atoms with van der Waals surface area (Å²) in [6.45, 7) is 2.92. The molecule has 3 rings (SSSR count). The van der Waals surface area contributed by atoms with Gasteiger partial charge in [0.1, 0.15) is 11.5 Å². The van der Waals surface area contributed by atoms with E-state index in [1.165, 1.54) is 19.1 Å². The van der Waals surface area contributed by atoms with Gasteiger partial charge in [0.05, 0.1) is 18.0 Å². The number of hydrazine groups is 1. The molecule has 2 aromatic carbocycles. The van der Waals surface area contributed by atoms with Gasteiger partial charge >= 0.3 is 6.18 Å². The van der Waals surface area contributed by atoms with Gasteiger partial charge in [-0.15, -0.1) is 0 Å². The molecule has 1 unspecified atom stereocenters. The molecule has 162 valence electrons. The number of hydrogen-bond donors (Lipinski definition) is 2. The molecule has 30 heavy (non-hydrogen) atoms. The van der Waals surface area contributed by atoms with Crippen LogP contribution in [-0.4, -0.2) is 17.9 Å². The average Bonchev–Trinajstić information content (AvgIpc) is 2.97. The Bertz CT molecular complexity index is 929. The van der Waals surface area contributed by atoms with E-state index in [1.54, 1.807) is 48.3 Å². The first kappa shape index (κ1) is 22.6. The van der Waals surface area contributed by atoms with E-state index in [0.29, 0.717) is 27.5 Å². The smallest absolute Gasteiger partial charge is 0.364 e. The molecule has 0 fully saturated rings. The van der Waals surface area contributed by atoms with E-state index in [0.717, 1.165) is 0 Å². The molecule has 0 spiro atoms. The number of hydrogen-bond acceptors (Lipinski definition) is 4. The number of nitrogens with zero attached hydrogens (tertiary/aromatic N) is 1. The van der Waals surface area contributed by atoms with Crippen molar-refractivity contribution in [2.24, 2.45) is 5.73 Å². The highest BCUT2D eigenvalue weighted by atomic mass is 35.5. The molecule has 0 saturated carbocycles. The van der Waals surface area contributed by atoms with E-state index >= 15 is 0 Å². The van der Waals surface area contributed by atoms with Crippen molar-refractivity contribution in [3.05, 3.63) is 70.5 Å². The summed E-state index contributed by atoms with van der Waals surface area (Å²) in [4.78, 5) is 0. The number of nitrogens with one attached hydrogen (secondary N) is 1. The third kappa shape index (κ3) is 5.31. The molecule has 0 amide bonds. The number of ether oxygens (including phenoxy) is 1. The minimum atomic E-state index is -4.44. The molecule has 0 aromatic heterocycles. The summed E-state index contributed by atoms with van der Waals surface area (Å²) in [7, 11) is 0. The third-order valence-electron chi connectivity index (χ3n) is 4.56. The molecule has 2 aromatic rings. The van der Waals surface area contributed by atoms with Crippen LogP contribution in [-0.2, 0) is 11.3 Å². The fourth-order valence-corrected chi connectivity index (χ4v) is 3.47. The van der Waals surface area contributed by atoms with Crippen molar-refractivity contribution < 1.29 is 22.3 Å². The van der Waals surface area contributed by atoms with E-state index in [4.69, 9.17) is 22.1 Å². The van der Waals surface area contributed by atoms with Gasteiger partial charge in [0, 0.05) is 10.6 Å². The van der Waals surface area contributed by atoms with Crippen molar-refractivity contribution >= 4 is 23.0 Å². The van der Waals surface area contributed by atoms with E-state index in [1.807, 2.05) is 0 Å². The van der Waals surface area contributed by atoms with Crippen LogP contribution in [0, 0.1) is 5.82 Å². The van der Waals surface area contributed by atoms with Crippen molar-refractivity contribution in [1.29, 1.82) is 0 Å². The molecule has 9 heteroatoms. The summed E-state index contributed by atoms with van der Waals surface area (Å²) in [5.41, 5.74) is 10.8.